The monoisotopic (exact) mass is 264 g/mol. The highest BCUT2D eigenvalue weighted by molar-refractivity contribution is 6.00. The molecule has 0 aromatic rings. The lowest BCUT2D eigenvalue weighted by Crippen LogP contribution is -2.49. The molecule has 3 heterocycles. The first kappa shape index (κ1) is 11.5. The van der Waals surface area contributed by atoms with Crippen LogP contribution in [0.4, 0.5) is 0 Å². The Hall–Kier alpha value is -1.36. The number of ether oxygens (including phenoxy) is 3. The summed E-state index contributed by atoms with van der Waals surface area (Å²) in [6.07, 6.45) is 2.41. The van der Waals surface area contributed by atoms with Crippen LogP contribution < -0.4 is 0 Å². The normalized spacial score (nSPS) is 44.4. The number of Topliss-reactive ketones (excluding diaryl/α,β-unsaturated/α-hetero) is 1. The van der Waals surface area contributed by atoms with E-state index in [2.05, 4.69) is 0 Å². The van der Waals surface area contributed by atoms with E-state index >= 15 is 0 Å². The van der Waals surface area contributed by atoms with E-state index in [4.69, 9.17) is 14.2 Å². The van der Waals surface area contributed by atoms with Crippen LogP contribution in [0.1, 0.15) is 32.6 Å². The Kier molecular flexibility index (Phi) is 2.17. The Morgan fingerprint density at radius 2 is 2.11 bits per heavy atom. The summed E-state index contributed by atoms with van der Waals surface area (Å²) >= 11 is 0. The molecule has 4 rings (SSSR count). The summed E-state index contributed by atoms with van der Waals surface area (Å²) in [5.74, 6) is -1.00. The van der Waals surface area contributed by atoms with Gasteiger partial charge in [0.2, 0.25) is 5.79 Å². The molecule has 2 saturated heterocycles. The Bertz CT molecular complexity index is 500. The molecule has 1 spiro atoms. The van der Waals surface area contributed by atoms with Gasteiger partial charge < -0.3 is 14.2 Å². The number of carbonyl (C=O) groups excluding carboxylic acids is 2. The van der Waals surface area contributed by atoms with Crippen LogP contribution in [-0.4, -0.2) is 30.3 Å². The number of carbonyl (C=O) groups is 2. The van der Waals surface area contributed by atoms with Crippen LogP contribution >= 0.6 is 0 Å². The second kappa shape index (κ2) is 3.60. The second-order valence-electron chi connectivity index (χ2n) is 5.77. The van der Waals surface area contributed by atoms with Crippen molar-refractivity contribution in [2.45, 2.75) is 44.5 Å². The highest BCUT2D eigenvalue weighted by Crippen LogP contribution is 2.54. The number of fused-ring (bicyclic) bond motifs is 3. The quantitative estimate of drug-likeness (QED) is 0.617. The molecule has 5 heteroatoms. The van der Waals surface area contributed by atoms with Gasteiger partial charge in [-0.3, -0.25) is 9.59 Å². The number of cyclic esters (lactones) is 1. The molecular formula is C14H16O5. The molecule has 5 nitrogen and oxygen atoms in total. The minimum absolute atomic E-state index is 0.1000. The van der Waals surface area contributed by atoms with Crippen molar-refractivity contribution < 1.29 is 23.8 Å². The van der Waals surface area contributed by atoms with Crippen molar-refractivity contribution in [2.75, 3.05) is 6.61 Å². The fraction of sp³-hybridized carbons (Fsp3) is 0.714. The highest BCUT2D eigenvalue weighted by atomic mass is 16.7. The molecule has 0 radical (unpaired) electrons. The maximum absolute atomic E-state index is 12.2. The van der Waals surface area contributed by atoms with Gasteiger partial charge in [0.1, 0.15) is 17.8 Å². The van der Waals surface area contributed by atoms with Crippen molar-refractivity contribution in [3.63, 3.8) is 0 Å². The van der Waals surface area contributed by atoms with Crippen molar-refractivity contribution in [1.82, 2.24) is 0 Å². The van der Waals surface area contributed by atoms with Crippen LogP contribution in [-0.2, 0) is 23.8 Å². The summed E-state index contributed by atoms with van der Waals surface area (Å²) in [6, 6.07) is 0. The van der Waals surface area contributed by atoms with Crippen molar-refractivity contribution in [3.05, 3.63) is 11.3 Å². The third-order valence-electron chi connectivity index (χ3n) is 4.72. The molecule has 1 aliphatic carbocycles. The third kappa shape index (κ3) is 1.34. The van der Waals surface area contributed by atoms with E-state index < -0.39 is 11.7 Å². The molecule has 0 N–H and O–H groups in total. The molecule has 3 aliphatic heterocycles. The molecule has 0 aromatic carbocycles. The summed E-state index contributed by atoms with van der Waals surface area (Å²) in [5.41, 5.74) is 0.685. The van der Waals surface area contributed by atoms with E-state index in [9.17, 15) is 9.59 Å². The van der Waals surface area contributed by atoms with Crippen LogP contribution in [0.15, 0.2) is 11.3 Å². The van der Waals surface area contributed by atoms with Gasteiger partial charge in [-0.05, 0) is 13.3 Å². The molecular weight excluding hydrogens is 248 g/mol. The summed E-state index contributed by atoms with van der Waals surface area (Å²) in [5, 5.41) is 0. The predicted octanol–water partition coefficient (Wildman–Crippen LogP) is 1.32. The first-order valence-corrected chi connectivity index (χ1v) is 6.92. The summed E-state index contributed by atoms with van der Waals surface area (Å²) < 4.78 is 17.2. The summed E-state index contributed by atoms with van der Waals surface area (Å²) in [4.78, 5) is 24.2. The lowest BCUT2D eigenvalue weighted by molar-refractivity contribution is -0.232. The first-order valence-electron chi connectivity index (χ1n) is 6.92. The molecule has 0 aromatic heterocycles. The van der Waals surface area contributed by atoms with E-state index in [1.807, 2.05) is 6.92 Å². The van der Waals surface area contributed by atoms with E-state index in [1.165, 1.54) is 0 Å². The molecule has 0 unspecified atom stereocenters. The largest absolute Gasteiger partial charge is 0.465 e. The molecule has 4 aliphatic rings. The van der Waals surface area contributed by atoms with Crippen LogP contribution in [0.3, 0.4) is 0 Å². The second-order valence-corrected chi connectivity index (χ2v) is 5.77. The lowest BCUT2D eigenvalue weighted by Gasteiger charge is -2.40. The number of ketones is 1. The van der Waals surface area contributed by atoms with Gasteiger partial charge in [-0.15, -0.1) is 0 Å². The maximum atomic E-state index is 12.2. The van der Waals surface area contributed by atoms with Gasteiger partial charge in [-0.2, -0.15) is 0 Å². The van der Waals surface area contributed by atoms with E-state index in [0.29, 0.717) is 31.4 Å². The van der Waals surface area contributed by atoms with Gasteiger partial charge in [0.15, 0.2) is 5.78 Å². The number of rotatable bonds is 0. The van der Waals surface area contributed by atoms with Crippen LogP contribution in [0.25, 0.3) is 0 Å². The topological polar surface area (TPSA) is 61.8 Å². The molecule has 0 amide bonds. The minimum atomic E-state index is -0.879. The Morgan fingerprint density at radius 3 is 2.84 bits per heavy atom. The molecule has 2 fully saturated rings. The van der Waals surface area contributed by atoms with Gasteiger partial charge in [0, 0.05) is 30.8 Å². The molecule has 102 valence electrons. The number of allylic oxidation sites excluding steroid dienone is 1. The average Bonchev–Trinajstić information content (AvgIpc) is 3.02. The third-order valence-corrected chi connectivity index (χ3v) is 4.72. The SMILES string of the molecule is C[C@@H]1OC(=O)[C@@H]2[C@H]1C1=C(CCC1=O)O[C@]21CCCO1. The van der Waals surface area contributed by atoms with Crippen molar-refractivity contribution in [3.8, 4) is 0 Å². The summed E-state index contributed by atoms with van der Waals surface area (Å²) in [6.45, 7) is 2.45. The van der Waals surface area contributed by atoms with E-state index in [-0.39, 0.29) is 23.8 Å². The van der Waals surface area contributed by atoms with Gasteiger partial charge in [-0.25, -0.2) is 0 Å². The van der Waals surface area contributed by atoms with Crippen molar-refractivity contribution in [2.24, 2.45) is 11.8 Å². The zero-order chi connectivity index (χ0) is 13.2. The Labute approximate surface area is 110 Å². The Balaban J connectivity index is 1.86. The summed E-state index contributed by atoms with van der Waals surface area (Å²) in [7, 11) is 0. The van der Waals surface area contributed by atoms with Crippen LogP contribution in [0.2, 0.25) is 0 Å². The van der Waals surface area contributed by atoms with Gasteiger partial charge >= 0.3 is 5.97 Å². The van der Waals surface area contributed by atoms with Crippen LogP contribution in [0, 0.1) is 11.8 Å². The fourth-order valence-electron chi connectivity index (χ4n) is 3.97. The molecule has 4 atom stereocenters. The fourth-order valence-corrected chi connectivity index (χ4v) is 3.97. The highest BCUT2D eigenvalue weighted by Gasteiger charge is 2.64. The van der Waals surface area contributed by atoms with Gasteiger partial charge in [0.05, 0.1) is 6.61 Å². The smallest absolute Gasteiger partial charge is 0.316 e. The number of hydrogen-bond acceptors (Lipinski definition) is 5. The zero-order valence-corrected chi connectivity index (χ0v) is 10.8. The molecule has 0 bridgehead atoms. The van der Waals surface area contributed by atoms with Crippen molar-refractivity contribution >= 4 is 11.8 Å². The van der Waals surface area contributed by atoms with Gasteiger partial charge in [0.25, 0.3) is 0 Å². The van der Waals surface area contributed by atoms with Crippen molar-refractivity contribution in [1.29, 1.82) is 0 Å². The average molecular weight is 264 g/mol. The number of hydrogen-bond donors (Lipinski definition) is 0. The van der Waals surface area contributed by atoms with Crippen LogP contribution in [0.5, 0.6) is 0 Å². The zero-order valence-electron chi connectivity index (χ0n) is 10.8. The van der Waals surface area contributed by atoms with E-state index in [0.717, 1.165) is 12.2 Å². The van der Waals surface area contributed by atoms with E-state index in [1.54, 1.807) is 0 Å². The first-order chi connectivity index (χ1) is 9.12. The molecule has 19 heavy (non-hydrogen) atoms. The lowest BCUT2D eigenvalue weighted by atomic mass is 9.76. The predicted molar refractivity (Wildman–Crippen MR) is 62.8 cm³/mol. The Morgan fingerprint density at radius 1 is 1.26 bits per heavy atom. The maximum Gasteiger partial charge on any atom is 0.316 e. The molecule has 0 saturated carbocycles. The van der Waals surface area contributed by atoms with Gasteiger partial charge in [-0.1, -0.05) is 0 Å². The minimum Gasteiger partial charge on any atom is -0.465 e. The number of esters is 1. The standard InChI is InChI=1S/C14H16O5/c1-7-10-11-8(15)3-4-9(11)19-14(5-2-6-17-14)12(10)13(16)18-7/h7,10,12H,2-6H2,1H3/t7-,10+,12-,14+/m0/s1.